The molecule has 0 aromatic carbocycles. The molecule has 7 nitrogen and oxygen atoms in total. The lowest BCUT2D eigenvalue weighted by molar-refractivity contribution is 0.0467. The quantitative estimate of drug-likeness (QED) is 0.284. The first-order valence-corrected chi connectivity index (χ1v) is 9.86. The van der Waals surface area contributed by atoms with Gasteiger partial charge in [0.25, 0.3) is 0 Å². The van der Waals surface area contributed by atoms with E-state index in [-0.39, 0.29) is 6.54 Å². The molecule has 7 heteroatoms. The van der Waals surface area contributed by atoms with E-state index in [9.17, 15) is 5.11 Å². The number of ether oxygens (including phenoxy) is 1. The van der Waals surface area contributed by atoms with Gasteiger partial charge in [-0.15, -0.1) is 0 Å². The Labute approximate surface area is 157 Å². The molecule has 0 bridgehead atoms. The first kappa shape index (κ1) is 20.7. The molecule has 2 rings (SSSR count). The smallest absolute Gasteiger partial charge is 0.191 e. The number of aromatic nitrogens is 2. The maximum absolute atomic E-state index is 10.6. The molecule has 1 heterocycles. The number of aryl methyl sites for hydroxylation is 1. The molecule has 1 aliphatic carbocycles. The van der Waals surface area contributed by atoms with Crippen LogP contribution in [0.1, 0.15) is 57.9 Å². The molecule has 0 saturated heterocycles. The fraction of sp³-hybridized carbons (Fsp3) is 0.789. The zero-order chi connectivity index (χ0) is 18.8. The average Bonchev–Trinajstić information content (AvgIpc) is 2.90. The molecule has 0 radical (unpaired) electrons. The second-order valence-electron chi connectivity index (χ2n) is 7.28. The summed E-state index contributed by atoms with van der Waals surface area (Å²) in [7, 11) is 1.84. The number of rotatable bonds is 8. The van der Waals surface area contributed by atoms with Crippen molar-refractivity contribution in [1.82, 2.24) is 20.4 Å². The largest absolute Gasteiger partial charge is 0.383 e. The highest BCUT2D eigenvalue weighted by Gasteiger charge is 2.24. The van der Waals surface area contributed by atoms with Crippen LogP contribution in [-0.2, 0) is 17.4 Å². The molecular formula is C19H35N5O2. The lowest BCUT2D eigenvalue weighted by Crippen LogP contribution is -2.40. The van der Waals surface area contributed by atoms with Crippen LogP contribution < -0.4 is 10.6 Å². The van der Waals surface area contributed by atoms with Gasteiger partial charge in [0, 0.05) is 31.9 Å². The van der Waals surface area contributed by atoms with Gasteiger partial charge < -0.3 is 20.5 Å². The normalized spacial score (nSPS) is 19.0. The van der Waals surface area contributed by atoms with Crippen LogP contribution in [0.4, 0.5) is 0 Å². The Hall–Kier alpha value is -1.60. The molecular weight excluding hydrogens is 330 g/mol. The van der Waals surface area contributed by atoms with E-state index in [1.54, 1.807) is 17.8 Å². The molecule has 1 aromatic rings. The van der Waals surface area contributed by atoms with E-state index in [1.807, 2.05) is 20.2 Å². The molecule has 148 valence electrons. The highest BCUT2D eigenvalue weighted by atomic mass is 16.5. The zero-order valence-electron chi connectivity index (χ0n) is 16.5. The first-order chi connectivity index (χ1) is 12.5. The average molecular weight is 366 g/mol. The number of hydrogen-bond donors (Lipinski definition) is 3. The third kappa shape index (κ3) is 6.96. The van der Waals surface area contributed by atoms with Crippen molar-refractivity contribution in [3.8, 4) is 0 Å². The number of nitrogens with zero attached hydrogens (tertiary/aromatic N) is 3. The summed E-state index contributed by atoms with van der Waals surface area (Å²) in [6.07, 6.45) is 11.5. The topological polar surface area (TPSA) is 83.7 Å². The minimum atomic E-state index is -1.05. The highest BCUT2D eigenvalue weighted by Crippen LogP contribution is 2.20. The Bertz CT molecular complexity index is 548. The first-order valence-electron chi connectivity index (χ1n) is 9.86. The summed E-state index contributed by atoms with van der Waals surface area (Å²) in [6, 6.07) is 0. The van der Waals surface area contributed by atoms with Gasteiger partial charge in [-0.3, -0.25) is 4.68 Å². The van der Waals surface area contributed by atoms with Gasteiger partial charge >= 0.3 is 0 Å². The second-order valence-corrected chi connectivity index (χ2v) is 7.28. The van der Waals surface area contributed by atoms with Gasteiger partial charge in [-0.25, -0.2) is 4.99 Å². The lowest BCUT2D eigenvalue weighted by Gasteiger charge is -2.21. The van der Waals surface area contributed by atoms with Crippen molar-refractivity contribution in [3.63, 3.8) is 0 Å². The van der Waals surface area contributed by atoms with Crippen molar-refractivity contribution in [1.29, 1.82) is 0 Å². The Balaban J connectivity index is 1.78. The highest BCUT2D eigenvalue weighted by molar-refractivity contribution is 5.79. The number of guanidine groups is 1. The number of aliphatic imine (C=N–C) groups is 1. The minimum absolute atomic E-state index is 0.261. The monoisotopic (exact) mass is 365 g/mol. The van der Waals surface area contributed by atoms with E-state index in [2.05, 4.69) is 20.7 Å². The van der Waals surface area contributed by atoms with Crippen molar-refractivity contribution < 1.29 is 9.84 Å². The molecule has 1 unspecified atom stereocenters. The van der Waals surface area contributed by atoms with Gasteiger partial charge in [-0.1, -0.05) is 25.7 Å². The summed E-state index contributed by atoms with van der Waals surface area (Å²) >= 11 is 0. The summed E-state index contributed by atoms with van der Waals surface area (Å²) < 4.78 is 7.69. The van der Waals surface area contributed by atoms with E-state index in [0.717, 1.165) is 12.1 Å². The Morgan fingerprint density at radius 1 is 1.35 bits per heavy atom. The zero-order valence-corrected chi connectivity index (χ0v) is 16.5. The van der Waals surface area contributed by atoms with Gasteiger partial charge in [0.2, 0.25) is 0 Å². The van der Waals surface area contributed by atoms with E-state index in [4.69, 9.17) is 4.74 Å². The summed E-state index contributed by atoms with van der Waals surface area (Å²) in [4.78, 5) is 4.52. The SMILES string of the molecule is CCNC(=NCC(C)(O)c1cnn(C)c1)NCCOC1CCCCCC1. The second kappa shape index (κ2) is 10.5. The van der Waals surface area contributed by atoms with Crippen LogP contribution in [0.2, 0.25) is 0 Å². The van der Waals surface area contributed by atoms with Crippen LogP contribution in [0.25, 0.3) is 0 Å². The number of nitrogens with one attached hydrogen (secondary N) is 2. The molecule has 0 aliphatic heterocycles. The Morgan fingerprint density at radius 3 is 2.69 bits per heavy atom. The predicted molar refractivity (Wildman–Crippen MR) is 104 cm³/mol. The van der Waals surface area contributed by atoms with Crippen LogP contribution in [0, 0.1) is 0 Å². The molecule has 1 saturated carbocycles. The van der Waals surface area contributed by atoms with Crippen molar-refractivity contribution in [2.75, 3.05) is 26.2 Å². The van der Waals surface area contributed by atoms with Gasteiger partial charge in [0.15, 0.2) is 5.96 Å². The van der Waals surface area contributed by atoms with Crippen LogP contribution in [0.5, 0.6) is 0 Å². The van der Waals surface area contributed by atoms with Gasteiger partial charge in [-0.05, 0) is 26.7 Å². The summed E-state index contributed by atoms with van der Waals surface area (Å²) in [5.41, 5.74) is -0.288. The molecule has 0 spiro atoms. The fourth-order valence-corrected chi connectivity index (χ4v) is 3.17. The van der Waals surface area contributed by atoms with Crippen LogP contribution >= 0.6 is 0 Å². The maximum Gasteiger partial charge on any atom is 0.191 e. The molecule has 0 amide bonds. The standard InChI is InChI=1S/C19H35N5O2/c1-4-20-18(21-11-12-26-17-9-7-5-6-8-10-17)22-15-19(2,25)16-13-23-24(3)14-16/h13-14,17,25H,4-12,15H2,1-3H3,(H2,20,21,22). The minimum Gasteiger partial charge on any atom is -0.383 e. The lowest BCUT2D eigenvalue weighted by atomic mass is 10.0. The molecule has 1 atom stereocenters. The number of aliphatic hydroxyl groups is 1. The van der Waals surface area contributed by atoms with E-state index in [0.29, 0.717) is 25.2 Å². The maximum atomic E-state index is 10.6. The van der Waals surface area contributed by atoms with Crippen molar-refractivity contribution >= 4 is 5.96 Å². The van der Waals surface area contributed by atoms with Crippen LogP contribution in [-0.4, -0.2) is 53.2 Å². The van der Waals surface area contributed by atoms with E-state index in [1.165, 1.54) is 38.5 Å². The number of hydrogen-bond acceptors (Lipinski definition) is 4. The van der Waals surface area contributed by atoms with Gasteiger partial charge in [0.1, 0.15) is 5.60 Å². The van der Waals surface area contributed by atoms with Gasteiger partial charge in [0.05, 0.1) is 25.5 Å². The fourth-order valence-electron chi connectivity index (χ4n) is 3.17. The third-order valence-electron chi connectivity index (χ3n) is 4.77. The molecule has 3 N–H and O–H groups in total. The summed E-state index contributed by atoms with van der Waals surface area (Å²) in [6.45, 7) is 6.19. The van der Waals surface area contributed by atoms with Gasteiger partial charge in [-0.2, -0.15) is 5.10 Å². The van der Waals surface area contributed by atoms with E-state index >= 15 is 0 Å². The van der Waals surface area contributed by atoms with Crippen molar-refractivity contribution in [3.05, 3.63) is 18.0 Å². The third-order valence-corrected chi connectivity index (χ3v) is 4.77. The molecule has 1 aliphatic rings. The van der Waals surface area contributed by atoms with Crippen molar-refractivity contribution in [2.24, 2.45) is 12.0 Å². The Kier molecular flexibility index (Phi) is 8.38. The predicted octanol–water partition coefficient (Wildman–Crippen LogP) is 1.92. The summed E-state index contributed by atoms with van der Waals surface area (Å²) in [5.74, 6) is 0.695. The summed E-state index contributed by atoms with van der Waals surface area (Å²) in [5, 5.41) is 21.3. The van der Waals surface area contributed by atoms with Crippen LogP contribution in [0.15, 0.2) is 17.4 Å². The molecule has 1 fully saturated rings. The van der Waals surface area contributed by atoms with Crippen molar-refractivity contribution in [2.45, 2.75) is 64.1 Å². The molecule has 26 heavy (non-hydrogen) atoms. The Morgan fingerprint density at radius 2 is 2.08 bits per heavy atom. The van der Waals surface area contributed by atoms with E-state index < -0.39 is 5.60 Å². The van der Waals surface area contributed by atoms with Crippen LogP contribution in [0.3, 0.4) is 0 Å². The molecule has 1 aromatic heterocycles.